The summed E-state index contributed by atoms with van der Waals surface area (Å²) >= 11 is 6.24. The van der Waals surface area contributed by atoms with E-state index in [0.717, 1.165) is 27.5 Å². The van der Waals surface area contributed by atoms with E-state index in [1.165, 1.54) is 4.31 Å². The number of anilines is 1. The second kappa shape index (κ2) is 10.2. The number of epoxide rings is 1. The first-order valence-electron chi connectivity index (χ1n) is 14.5. The first-order valence-corrected chi connectivity index (χ1v) is 16.3. The number of aryl methyl sites for hydroxylation is 1. The molecule has 8 heteroatoms. The van der Waals surface area contributed by atoms with Gasteiger partial charge in [-0.2, -0.15) is 0 Å². The Morgan fingerprint density at radius 1 is 0.841 bits per heavy atom. The third-order valence-electron chi connectivity index (χ3n) is 8.71. The molecule has 8 rings (SSSR count). The van der Waals surface area contributed by atoms with Crippen LogP contribution in [0.4, 0.5) is 5.69 Å². The number of ether oxygens (including phenoxy) is 2. The molecule has 2 aliphatic heterocycles. The zero-order valence-corrected chi connectivity index (χ0v) is 25.4. The minimum atomic E-state index is -4.05. The van der Waals surface area contributed by atoms with Crippen LogP contribution in [0.5, 0.6) is 0 Å². The molecule has 6 nitrogen and oxygen atoms in total. The summed E-state index contributed by atoms with van der Waals surface area (Å²) in [6, 6.07) is 36.2. The molecule has 3 atom stereocenters. The van der Waals surface area contributed by atoms with Crippen LogP contribution in [0.1, 0.15) is 28.6 Å². The Labute approximate surface area is 260 Å². The molecule has 1 saturated heterocycles. The molecule has 0 aliphatic carbocycles. The summed E-state index contributed by atoms with van der Waals surface area (Å²) in [6.45, 7) is 2.19. The zero-order chi connectivity index (χ0) is 30.1. The molecule has 3 heterocycles. The molecule has 0 saturated carbocycles. The first-order chi connectivity index (χ1) is 21.3. The number of hydrogen-bond acceptors (Lipinski definition) is 5. The van der Waals surface area contributed by atoms with Crippen molar-refractivity contribution >= 4 is 49.1 Å². The van der Waals surface area contributed by atoms with Gasteiger partial charge >= 0.3 is 0 Å². The van der Waals surface area contributed by atoms with Gasteiger partial charge in [0.2, 0.25) is 0 Å². The van der Waals surface area contributed by atoms with Crippen LogP contribution < -0.4 is 4.31 Å². The number of furan rings is 1. The highest BCUT2D eigenvalue weighted by Crippen LogP contribution is 2.53. The molecule has 0 unspecified atom stereocenters. The highest BCUT2D eigenvalue weighted by atomic mass is 35.5. The number of halogens is 1. The van der Waals surface area contributed by atoms with E-state index in [9.17, 15) is 8.42 Å². The lowest BCUT2D eigenvalue weighted by atomic mass is 9.96. The topological polar surface area (TPSA) is 72.3 Å². The third-order valence-corrected chi connectivity index (χ3v) is 10.7. The maximum atomic E-state index is 14.6. The number of fused-ring (bicyclic) bond motifs is 5. The van der Waals surface area contributed by atoms with Crippen molar-refractivity contribution in [1.82, 2.24) is 0 Å². The Bertz CT molecular complexity index is 2140. The minimum absolute atomic E-state index is 0.0726. The van der Waals surface area contributed by atoms with E-state index in [1.54, 1.807) is 12.1 Å². The van der Waals surface area contributed by atoms with Gasteiger partial charge in [-0.25, -0.2) is 8.42 Å². The number of para-hydroxylation sites is 1. The summed E-state index contributed by atoms with van der Waals surface area (Å²) in [5, 5.41) is 3.43. The third kappa shape index (κ3) is 4.42. The molecule has 220 valence electrons. The summed E-state index contributed by atoms with van der Waals surface area (Å²) in [5.74, 6) is 0.435. The fraction of sp³-hybridized carbons (Fsp3) is 0.167. The maximum Gasteiger partial charge on any atom is 0.264 e. The van der Waals surface area contributed by atoms with Gasteiger partial charge in [-0.05, 0) is 71.3 Å². The molecule has 0 N–H and O–H groups in total. The van der Waals surface area contributed by atoms with Crippen LogP contribution in [0.25, 0.3) is 21.7 Å². The van der Waals surface area contributed by atoms with Crippen molar-refractivity contribution < 1.29 is 22.3 Å². The summed E-state index contributed by atoms with van der Waals surface area (Å²) in [5.41, 5.74) is 2.88. The lowest BCUT2D eigenvalue weighted by Gasteiger charge is -2.25. The van der Waals surface area contributed by atoms with Crippen LogP contribution in [-0.2, 0) is 25.1 Å². The number of nitrogens with zero attached hydrogens (tertiary/aromatic N) is 1. The summed E-state index contributed by atoms with van der Waals surface area (Å²) in [7, 11) is -4.05. The van der Waals surface area contributed by atoms with Crippen molar-refractivity contribution in [2.45, 2.75) is 29.6 Å². The van der Waals surface area contributed by atoms with E-state index >= 15 is 0 Å². The SMILES string of the molecule is Cc1ccc(S(=O)(=O)N2C[C@H]3O[C@@]3(c3ccc(Cl)cc3)CO[C@@H](c3ccc4ccccc4c3)c3oc4ccccc4c32)cc1. The quantitative estimate of drug-likeness (QED) is 0.186. The van der Waals surface area contributed by atoms with Gasteiger partial charge in [0.15, 0.2) is 5.76 Å². The van der Waals surface area contributed by atoms with Crippen LogP contribution in [0.2, 0.25) is 5.02 Å². The molecule has 6 aromatic rings. The lowest BCUT2D eigenvalue weighted by molar-refractivity contribution is 0.0268. The largest absolute Gasteiger partial charge is 0.456 e. The summed E-state index contributed by atoms with van der Waals surface area (Å²) in [6.07, 6.45) is -1.19. The van der Waals surface area contributed by atoms with Gasteiger partial charge in [0, 0.05) is 10.4 Å². The highest BCUT2D eigenvalue weighted by Gasteiger charge is 2.60. The van der Waals surface area contributed by atoms with E-state index in [0.29, 0.717) is 27.4 Å². The van der Waals surface area contributed by atoms with E-state index in [-0.39, 0.29) is 18.0 Å². The lowest BCUT2D eigenvalue weighted by Crippen LogP contribution is -2.36. The Morgan fingerprint density at radius 2 is 1.57 bits per heavy atom. The van der Waals surface area contributed by atoms with Crippen molar-refractivity contribution in [3.05, 3.63) is 143 Å². The zero-order valence-electron chi connectivity index (χ0n) is 23.8. The predicted molar refractivity (Wildman–Crippen MR) is 172 cm³/mol. The van der Waals surface area contributed by atoms with Gasteiger partial charge in [-0.3, -0.25) is 4.31 Å². The standard InChI is InChI=1S/C36H28ClNO5S/c1-23-10-18-29(19-11-23)44(39,40)38-21-32-36(43-32,27-14-16-28(37)17-15-27)22-41-34(26-13-12-24-6-2-3-7-25(24)20-26)35-33(38)30-8-4-5-9-31(30)42-35/h2-20,32,34H,21-22H2,1H3/t32-,34+,36-/m1/s1. The van der Waals surface area contributed by atoms with Gasteiger partial charge in [-0.15, -0.1) is 0 Å². The highest BCUT2D eigenvalue weighted by molar-refractivity contribution is 7.92. The number of sulfonamides is 1. The van der Waals surface area contributed by atoms with Gasteiger partial charge in [0.05, 0.1) is 18.0 Å². The first kappa shape index (κ1) is 27.4. The van der Waals surface area contributed by atoms with Crippen LogP contribution in [-0.4, -0.2) is 27.7 Å². The molecule has 2 aliphatic rings. The molecule has 1 aromatic heterocycles. The van der Waals surface area contributed by atoms with Gasteiger partial charge in [-0.1, -0.05) is 90.0 Å². The molecule has 1 fully saturated rings. The molecule has 0 amide bonds. The van der Waals surface area contributed by atoms with Crippen LogP contribution in [0.3, 0.4) is 0 Å². The number of benzene rings is 5. The molecule has 0 radical (unpaired) electrons. The van der Waals surface area contributed by atoms with E-state index in [4.69, 9.17) is 25.5 Å². The maximum absolute atomic E-state index is 14.6. The van der Waals surface area contributed by atoms with Crippen LogP contribution in [0, 0.1) is 6.92 Å². The Balaban J connectivity index is 1.37. The Kier molecular flexibility index (Phi) is 6.36. The van der Waals surface area contributed by atoms with Gasteiger partial charge in [0.1, 0.15) is 29.1 Å². The fourth-order valence-electron chi connectivity index (χ4n) is 6.29. The van der Waals surface area contributed by atoms with Crippen LogP contribution in [0.15, 0.2) is 125 Å². The van der Waals surface area contributed by atoms with E-state index in [2.05, 4.69) is 24.3 Å². The Morgan fingerprint density at radius 3 is 2.36 bits per heavy atom. The van der Waals surface area contributed by atoms with Crippen molar-refractivity contribution in [2.24, 2.45) is 0 Å². The van der Waals surface area contributed by atoms with Crippen molar-refractivity contribution in [3.8, 4) is 0 Å². The van der Waals surface area contributed by atoms with E-state index < -0.39 is 27.8 Å². The monoisotopic (exact) mass is 621 g/mol. The van der Waals surface area contributed by atoms with E-state index in [1.807, 2.05) is 85.8 Å². The van der Waals surface area contributed by atoms with Gasteiger partial charge in [0.25, 0.3) is 10.0 Å². The minimum Gasteiger partial charge on any atom is -0.456 e. The second-order valence-electron chi connectivity index (χ2n) is 11.5. The molecule has 0 bridgehead atoms. The van der Waals surface area contributed by atoms with Crippen LogP contribution >= 0.6 is 11.6 Å². The van der Waals surface area contributed by atoms with Crippen molar-refractivity contribution in [2.75, 3.05) is 17.5 Å². The molecule has 44 heavy (non-hydrogen) atoms. The normalized spacial score (nSPS) is 21.7. The number of hydrogen-bond donors (Lipinski definition) is 0. The predicted octanol–water partition coefficient (Wildman–Crippen LogP) is 8.16. The van der Waals surface area contributed by atoms with Gasteiger partial charge < -0.3 is 13.9 Å². The fourth-order valence-corrected chi connectivity index (χ4v) is 7.91. The average Bonchev–Trinajstić information content (AvgIpc) is 3.60. The number of rotatable bonds is 4. The molecule has 0 spiro atoms. The van der Waals surface area contributed by atoms with Crippen molar-refractivity contribution in [3.63, 3.8) is 0 Å². The van der Waals surface area contributed by atoms with Crippen molar-refractivity contribution in [1.29, 1.82) is 0 Å². The second-order valence-corrected chi connectivity index (χ2v) is 13.8. The average molecular weight is 622 g/mol. The molecular weight excluding hydrogens is 594 g/mol. The smallest absolute Gasteiger partial charge is 0.264 e. The summed E-state index contributed by atoms with van der Waals surface area (Å²) in [4.78, 5) is 0.194. The summed E-state index contributed by atoms with van der Waals surface area (Å²) < 4.78 is 50.5. The Hall–Kier alpha value is -4.14. The molecule has 5 aromatic carbocycles. The molecular formula is C36H28ClNO5S.